The van der Waals surface area contributed by atoms with Crippen LogP contribution in [-0.4, -0.2) is 19.9 Å². The lowest BCUT2D eigenvalue weighted by Crippen LogP contribution is -2.22. The van der Waals surface area contributed by atoms with Gasteiger partial charge in [-0.1, -0.05) is 19.9 Å². The number of ether oxygens (including phenoxy) is 2. The summed E-state index contributed by atoms with van der Waals surface area (Å²) in [5.74, 6) is 1.61. The van der Waals surface area contributed by atoms with E-state index in [9.17, 15) is 0 Å². The van der Waals surface area contributed by atoms with Gasteiger partial charge in [-0.3, -0.25) is 4.99 Å². The highest BCUT2D eigenvalue weighted by molar-refractivity contribution is 6.00. The van der Waals surface area contributed by atoms with E-state index in [2.05, 4.69) is 44.0 Å². The summed E-state index contributed by atoms with van der Waals surface area (Å²) in [6, 6.07) is 12.3. The van der Waals surface area contributed by atoms with E-state index in [1.165, 1.54) is 5.56 Å². The SMILES string of the molecule is COc1ccc(-c2ccc3c(c2)C(C)(C)C(C)=N3)c(OC)c1. The minimum Gasteiger partial charge on any atom is -0.497 e. The summed E-state index contributed by atoms with van der Waals surface area (Å²) in [6.45, 7) is 6.52. The molecule has 0 saturated heterocycles. The number of nitrogens with zero attached hydrogens (tertiary/aromatic N) is 1. The summed E-state index contributed by atoms with van der Waals surface area (Å²) in [6.07, 6.45) is 0. The van der Waals surface area contributed by atoms with Gasteiger partial charge in [0.15, 0.2) is 0 Å². The van der Waals surface area contributed by atoms with Crippen molar-refractivity contribution in [1.29, 1.82) is 0 Å². The first-order chi connectivity index (χ1) is 10.5. The molecule has 2 aromatic carbocycles. The first-order valence-electron chi connectivity index (χ1n) is 7.40. The predicted octanol–water partition coefficient (Wildman–Crippen LogP) is 4.75. The zero-order chi connectivity index (χ0) is 15.9. The van der Waals surface area contributed by atoms with Gasteiger partial charge in [0.1, 0.15) is 11.5 Å². The fraction of sp³-hybridized carbons (Fsp3) is 0.316. The molecule has 0 aliphatic carbocycles. The maximum atomic E-state index is 5.53. The maximum absolute atomic E-state index is 5.53. The number of methoxy groups -OCH3 is 2. The Kier molecular flexibility index (Phi) is 3.44. The van der Waals surface area contributed by atoms with E-state index in [4.69, 9.17) is 9.47 Å². The predicted molar refractivity (Wildman–Crippen MR) is 90.8 cm³/mol. The van der Waals surface area contributed by atoms with Gasteiger partial charge in [0, 0.05) is 22.8 Å². The van der Waals surface area contributed by atoms with Crippen molar-refractivity contribution in [3.8, 4) is 22.6 Å². The normalized spacial score (nSPS) is 15.2. The van der Waals surface area contributed by atoms with Crippen LogP contribution in [0.4, 0.5) is 5.69 Å². The molecule has 1 aliphatic rings. The second-order valence-corrected chi connectivity index (χ2v) is 6.12. The van der Waals surface area contributed by atoms with Crippen LogP contribution in [0.3, 0.4) is 0 Å². The lowest BCUT2D eigenvalue weighted by molar-refractivity contribution is 0.395. The van der Waals surface area contributed by atoms with Crippen molar-refractivity contribution in [2.24, 2.45) is 4.99 Å². The van der Waals surface area contributed by atoms with Gasteiger partial charge in [-0.2, -0.15) is 0 Å². The third kappa shape index (κ3) is 2.17. The van der Waals surface area contributed by atoms with Crippen LogP contribution < -0.4 is 9.47 Å². The first kappa shape index (κ1) is 14.6. The van der Waals surface area contributed by atoms with E-state index < -0.39 is 0 Å². The van der Waals surface area contributed by atoms with Crippen LogP contribution in [0.1, 0.15) is 26.3 Å². The number of aliphatic imine (C=N–C) groups is 1. The number of fused-ring (bicyclic) bond motifs is 1. The number of benzene rings is 2. The molecule has 0 atom stereocenters. The molecule has 0 N–H and O–H groups in total. The number of hydrogen-bond acceptors (Lipinski definition) is 3. The van der Waals surface area contributed by atoms with Crippen molar-refractivity contribution in [1.82, 2.24) is 0 Å². The van der Waals surface area contributed by atoms with Gasteiger partial charge < -0.3 is 9.47 Å². The molecule has 2 aromatic rings. The van der Waals surface area contributed by atoms with Crippen LogP contribution >= 0.6 is 0 Å². The fourth-order valence-electron chi connectivity index (χ4n) is 2.85. The van der Waals surface area contributed by atoms with E-state index in [1.807, 2.05) is 18.2 Å². The minimum atomic E-state index is -0.0228. The average molecular weight is 295 g/mol. The smallest absolute Gasteiger partial charge is 0.130 e. The summed E-state index contributed by atoms with van der Waals surface area (Å²) in [5.41, 5.74) is 5.66. The molecule has 0 fully saturated rings. The average Bonchev–Trinajstić information content (AvgIpc) is 2.76. The summed E-state index contributed by atoms with van der Waals surface area (Å²) < 4.78 is 10.8. The molecule has 22 heavy (non-hydrogen) atoms. The Balaban J connectivity index is 2.11. The van der Waals surface area contributed by atoms with Crippen LogP contribution in [0.5, 0.6) is 11.5 Å². The Morgan fingerprint density at radius 1 is 0.955 bits per heavy atom. The zero-order valence-electron chi connectivity index (χ0n) is 13.7. The number of rotatable bonds is 3. The summed E-state index contributed by atoms with van der Waals surface area (Å²) in [5, 5.41) is 0. The van der Waals surface area contributed by atoms with Gasteiger partial charge in [0.05, 0.1) is 19.9 Å². The van der Waals surface area contributed by atoms with E-state index >= 15 is 0 Å². The second kappa shape index (κ2) is 5.16. The Bertz CT molecular complexity index is 760. The van der Waals surface area contributed by atoms with Crippen LogP contribution in [0.2, 0.25) is 0 Å². The van der Waals surface area contributed by atoms with Crippen molar-refractivity contribution in [2.45, 2.75) is 26.2 Å². The van der Waals surface area contributed by atoms with Crippen LogP contribution in [0.15, 0.2) is 41.4 Å². The molecule has 1 heterocycles. The van der Waals surface area contributed by atoms with Crippen molar-refractivity contribution < 1.29 is 9.47 Å². The fourth-order valence-corrected chi connectivity index (χ4v) is 2.85. The quantitative estimate of drug-likeness (QED) is 0.817. The lowest BCUT2D eigenvalue weighted by Gasteiger charge is -2.21. The molecule has 3 nitrogen and oxygen atoms in total. The molecular weight excluding hydrogens is 274 g/mol. The third-order valence-electron chi connectivity index (χ3n) is 4.58. The highest BCUT2D eigenvalue weighted by Gasteiger charge is 2.32. The Morgan fingerprint density at radius 3 is 2.41 bits per heavy atom. The highest BCUT2D eigenvalue weighted by atomic mass is 16.5. The van der Waals surface area contributed by atoms with E-state index in [0.29, 0.717) is 0 Å². The van der Waals surface area contributed by atoms with Crippen molar-refractivity contribution >= 4 is 11.4 Å². The van der Waals surface area contributed by atoms with E-state index in [0.717, 1.165) is 34.0 Å². The van der Waals surface area contributed by atoms with Gasteiger partial charge in [-0.25, -0.2) is 0 Å². The molecule has 0 aromatic heterocycles. The van der Waals surface area contributed by atoms with Crippen LogP contribution in [0.25, 0.3) is 11.1 Å². The zero-order valence-corrected chi connectivity index (χ0v) is 13.7. The van der Waals surface area contributed by atoms with Crippen molar-refractivity contribution in [3.05, 3.63) is 42.0 Å². The monoisotopic (exact) mass is 295 g/mol. The Morgan fingerprint density at radius 2 is 1.73 bits per heavy atom. The van der Waals surface area contributed by atoms with Crippen molar-refractivity contribution in [2.75, 3.05) is 14.2 Å². The minimum absolute atomic E-state index is 0.0228. The standard InChI is InChI=1S/C19H21NO2/c1-12-19(2,3)16-10-13(6-9-17(16)20-12)15-8-7-14(21-4)11-18(15)22-5/h6-11H,1-5H3. The second-order valence-electron chi connectivity index (χ2n) is 6.12. The summed E-state index contributed by atoms with van der Waals surface area (Å²) in [7, 11) is 3.34. The molecule has 0 amide bonds. The molecule has 1 aliphatic heterocycles. The summed E-state index contributed by atoms with van der Waals surface area (Å²) in [4.78, 5) is 4.67. The largest absolute Gasteiger partial charge is 0.497 e. The van der Waals surface area contributed by atoms with Gasteiger partial charge in [0.2, 0.25) is 0 Å². The topological polar surface area (TPSA) is 30.8 Å². The third-order valence-corrected chi connectivity index (χ3v) is 4.58. The Hall–Kier alpha value is -2.29. The van der Waals surface area contributed by atoms with E-state index in [-0.39, 0.29) is 5.41 Å². The molecule has 3 rings (SSSR count). The molecule has 0 saturated carbocycles. The molecule has 0 unspecified atom stereocenters. The van der Waals surface area contributed by atoms with Crippen molar-refractivity contribution in [3.63, 3.8) is 0 Å². The molecule has 0 bridgehead atoms. The van der Waals surface area contributed by atoms with Gasteiger partial charge >= 0.3 is 0 Å². The van der Waals surface area contributed by atoms with E-state index in [1.54, 1.807) is 14.2 Å². The van der Waals surface area contributed by atoms with Gasteiger partial charge in [-0.05, 0) is 42.3 Å². The van der Waals surface area contributed by atoms with Crippen LogP contribution in [-0.2, 0) is 5.41 Å². The molecular formula is C19H21NO2. The summed E-state index contributed by atoms with van der Waals surface area (Å²) >= 11 is 0. The maximum Gasteiger partial charge on any atom is 0.130 e. The number of hydrogen-bond donors (Lipinski definition) is 0. The molecule has 0 spiro atoms. The van der Waals surface area contributed by atoms with Crippen LogP contribution in [0, 0.1) is 0 Å². The van der Waals surface area contributed by atoms with Gasteiger partial charge in [-0.15, -0.1) is 0 Å². The molecule has 0 radical (unpaired) electrons. The highest BCUT2D eigenvalue weighted by Crippen LogP contribution is 2.43. The molecule has 3 heteroatoms. The lowest BCUT2D eigenvalue weighted by atomic mass is 9.81. The Labute approximate surface area is 131 Å². The molecule has 114 valence electrons. The van der Waals surface area contributed by atoms with Gasteiger partial charge in [0.25, 0.3) is 0 Å². The first-order valence-corrected chi connectivity index (χ1v) is 7.40.